The molecule has 0 radical (unpaired) electrons. The van der Waals surface area contributed by atoms with E-state index >= 15 is 0 Å². The largest absolute Gasteiger partial charge is 0.323 e. The van der Waals surface area contributed by atoms with Gasteiger partial charge in [-0.2, -0.15) is 5.10 Å². The SMILES string of the molecule is CCCCC12CN3CCN(CC(C)(C3)C1=NN)C2. The van der Waals surface area contributed by atoms with Crippen LogP contribution in [0.5, 0.6) is 0 Å². The molecule has 4 aliphatic rings. The molecule has 4 rings (SSSR count). The van der Waals surface area contributed by atoms with Gasteiger partial charge < -0.3 is 15.6 Å². The second-order valence-electron chi connectivity index (χ2n) is 6.84. The van der Waals surface area contributed by atoms with Gasteiger partial charge in [-0.3, -0.25) is 0 Å². The van der Waals surface area contributed by atoms with E-state index in [9.17, 15) is 0 Å². The van der Waals surface area contributed by atoms with Crippen LogP contribution in [-0.2, 0) is 0 Å². The van der Waals surface area contributed by atoms with Crippen LogP contribution in [0.4, 0.5) is 0 Å². The van der Waals surface area contributed by atoms with Crippen LogP contribution in [-0.4, -0.2) is 54.8 Å². The van der Waals surface area contributed by atoms with Gasteiger partial charge in [0, 0.05) is 50.1 Å². The molecule has 0 amide bonds. The second-order valence-corrected chi connectivity index (χ2v) is 6.84. The molecule has 0 saturated carbocycles. The Labute approximate surface area is 110 Å². The van der Waals surface area contributed by atoms with Crippen LogP contribution >= 0.6 is 0 Å². The smallest absolute Gasteiger partial charge is 0.0547 e. The third-order valence-electron chi connectivity index (χ3n) is 5.14. The lowest BCUT2D eigenvalue weighted by atomic mass is 9.61. The van der Waals surface area contributed by atoms with Gasteiger partial charge >= 0.3 is 0 Å². The van der Waals surface area contributed by atoms with E-state index in [1.165, 1.54) is 51.2 Å². The fraction of sp³-hybridized carbons (Fsp3) is 0.929. The maximum atomic E-state index is 5.80. The molecule has 2 unspecified atom stereocenters. The Morgan fingerprint density at radius 2 is 1.78 bits per heavy atom. The molecule has 4 fully saturated rings. The lowest BCUT2D eigenvalue weighted by molar-refractivity contribution is 0.0663. The first-order chi connectivity index (χ1) is 8.62. The average Bonchev–Trinajstić information content (AvgIpc) is 2.53. The Morgan fingerprint density at radius 3 is 2.28 bits per heavy atom. The lowest BCUT2D eigenvalue weighted by Gasteiger charge is -2.55. The van der Waals surface area contributed by atoms with E-state index in [2.05, 4.69) is 28.7 Å². The molecule has 2 N–H and O–H groups in total. The summed E-state index contributed by atoms with van der Waals surface area (Å²) in [6.07, 6.45) is 3.80. The van der Waals surface area contributed by atoms with Crippen LogP contribution in [0, 0.1) is 10.8 Å². The van der Waals surface area contributed by atoms with Crippen molar-refractivity contribution in [3.05, 3.63) is 0 Å². The molecule has 0 aromatic rings. The van der Waals surface area contributed by atoms with Crippen molar-refractivity contribution >= 4 is 5.71 Å². The highest BCUT2D eigenvalue weighted by atomic mass is 15.3. The number of rotatable bonds is 3. The van der Waals surface area contributed by atoms with Gasteiger partial charge in [0.1, 0.15) is 0 Å². The quantitative estimate of drug-likeness (QED) is 0.603. The van der Waals surface area contributed by atoms with Gasteiger partial charge in [0.2, 0.25) is 0 Å². The zero-order chi connectivity index (χ0) is 12.8. The number of fused-ring (bicyclic) bond motifs is 1. The van der Waals surface area contributed by atoms with Crippen LogP contribution < -0.4 is 5.84 Å². The summed E-state index contributed by atoms with van der Waals surface area (Å²) in [5, 5.41) is 4.29. The molecular weight excluding hydrogens is 224 g/mol. The molecule has 4 saturated heterocycles. The number of piperidine rings is 2. The van der Waals surface area contributed by atoms with E-state index in [1.807, 2.05) is 0 Å². The fourth-order valence-corrected chi connectivity index (χ4v) is 4.68. The van der Waals surface area contributed by atoms with Crippen LogP contribution in [0.15, 0.2) is 5.10 Å². The zero-order valence-electron chi connectivity index (χ0n) is 11.8. The molecule has 0 aromatic carbocycles. The standard InChI is InChI=1S/C14H26N4/c1-3-4-5-14-10-17-6-7-18(11-14)9-13(2,8-17)12(14)16-15/h3-11,15H2,1-2H3. The van der Waals surface area contributed by atoms with Crippen molar-refractivity contribution in [2.75, 3.05) is 39.3 Å². The first-order valence-electron chi connectivity index (χ1n) is 7.35. The van der Waals surface area contributed by atoms with E-state index in [4.69, 9.17) is 5.84 Å². The van der Waals surface area contributed by atoms with Crippen molar-refractivity contribution < 1.29 is 0 Å². The molecule has 4 nitrogen and oxygen atoms in total. The van der Waals surface area contributed by atoms with Crippen LogP contribution in [0.2, 0.25) is 0 Å². The topological polar surface area (TPSA) is 44.9 Å². The minimum atomic E-state index is 0.190. The number of unbranched alkanes of at least 4 members (excludes halogenated alkanes) is 1. The molecular formula is C14H26N4. The highest BCUT2D eigenvalue weighted by Gasteiger charge is 2.57. The fourth-order valence-electron chi connectivity index (χ4n) is 4.68. The third kappa shape index (κ3) is 1.69. The number of hydrogen-bond donors (Lipinski definition) is 1. The summed E-state index contributed by atoms with van der Waals surface area (Å²) in [5.41, 5.74) is 1.75. The number of nitrogens with zero attached hydrogens (tertiary/aromatic N) is 3. The van der Waals surface area contributed by atoms with Gasteiger partial charge in [0.25, 0.3) is 0 Å². The number of hydrazone groups is 1. The summed E-state index contributed by atoms with van der Waals surface area (Å²) in [4.78, 5) is 5.30. The van der Waals surface area contributed by atoms with Gasteiger partial charge in [0.15, 0.2) is 0 Å². The van der Waals surface area contributed by atoms with Crippen molar-refractivity contribution in [1.82, 2.24) is 9.80 Å². The zero-order valence-corrected chi connectivity index (χ0v) is 11.8. The monoisotopic (exact) mass is 250 g/mol. The maximum absolute atomic E-state index is 5.80. The Bertz CT molecular complexity index is 347. The van der Waals surface area contributed by atoms with Gasteiger partial charge in [-0.1, -0.05) is 26.7 Å². The molecule has 2 atom stereocenters. The highest BCUT2D eigenvalue weighted by Crippen LogP contribution is 2.47. The molecule has 4 heteroatoms. The summed E-state index contributed by atoms with van der Waals surface area (Å²) in [7, 11) is 0. The van der Waals surface area contributed by atoms with Crippen molar-refractivity contribution in [3.8, 4) is 0 Å². The van der Waals surface area contributed by atoms with Gasteiger partial charge in [-0.25, -0.2) is 0 Å². The lowest BCUT2D eigenvalue weighted by Crippen LogP contribution is -2.66. The van der Waals surface area contributed by atoms with E-state index in [0.29, 0.717) is 0 Å². The molecule has 4 bridgehead atoms. The molecule has 18 heavy (non-hydrogen) atoms. The maximum Gasteiger partial charge on any atom is 0.0547 e. The van der Waals surface area contributed by atoms with Crippen LogP contribution in [0.25, 0.3) is 0 Å². The predicted octanol–water partition coefficient (Wildman–Crippen LogP) is 1.13. The third-order valence-corrected chi connectivity index (χ3v) is 5.14. The minimum absolute atomic E-state index is 0.190. The molecule has 102 valence electrons. The summed E-state index contributed by atoms with van der Waals surface area (Å²) in [6, 6.07) is 0. The van der Waals surface area contributed by atoms with Crippen molar-refractivity contribution in [1.29, 1.82) is 0 Å². The van der Waals surface area contributed by atoms with Crippen molar-refractivity contribution in [2.24, 2.45) is 21.8 Å². The van der Waals surface area contributed by atoms with E-state index < -0.39 is 0 Å². The highest BCUT2D eigenvalue weighted by molar-refractivity contribution is 5.97. The Balaban J connectivity index is 1.99. The molecule has 0 aromatic heterocycles. The van der Waals surface area contributed by atoms with Crippen molar-refractivity contribution in [3.63, 3.8) is 0 Å². The summed E-state index contributed by atoms with van der Waals surface area (Å²) in [6.45, 7) is 11.7. The summed E-state index contributed by atoms with van der Waals surface area (Å²) in [5.74, 6) is 5.80. The van der Waals surface area contributed by atoms with Crippen LogP contribution in [0.1, 0.15) is 33.1 Å². The van der Waals surface area contributed by atoms with Gasteiger partial charge in [-0.15, -0.1) is 0 Å². The molecule has 0 spiro atoms. The molecule has 4 heterocycles. The van der Waals surface area contributed by atoms with E-state index in [-0.39, 0.29) is 10.8 Å². The average molecular weight is 250 g/mol. The second kappa shape index (κ2) is 4.20. The summed E-state index contributed by atoms with van der Waals surface area (Å²) < 4.78 is 0. The number of nitrogens with two attached hydrogens (primary N) is 1. The summed E-state index contributed by atoms with van der Waals surface area (Å²) >= 11 is 0. The minimum Gasteiger partial charge on any atom is -0.323 e. The van der Waals surface area contributed by atoms with Gasteiger partial charge in [-0.05, 0) is 6.42 Å². The Hall–Kier alpha value is -0.610. The van der Waals surface area contributed by atoms with Crippen LogP contribution in [0.3, 0.4) is 0 Å². The predicted molar refractivity (Wildman–Crippen MR) is 74.6 cm³/mol. The van der Waals surface area contributed by atoms with Gasteiger partial charge in [0.05, 0.1) is 5.71 Å². The van der Waals surface area contributed by atoms with Crippen molar-refractivity contribution in [2.45, 2.75) is 33.1 Å². The molecule has 4 aliphatic heterocycles. The first kappa shape index (κ1) is 12.4. The van der Waals surface area contributed by atoms with E-state index in [1.54, 1.807) is 0 Å². The van der Waals surface area contributed by atoms with E-state index in [0.717, 1.165) is 13.1 Å². The normalized spacial score (nSPS) is 48.7. The molecule has 0 aliphatic carbocycles. The Morgan fingerprint density at radius 1 is 1.17 bits per heavy atom. The Kier molecular flexibility index (Phi) is 2.90. The number of hydrogen-bond acceptors (Lipinski definition) is 4. The first-order valence-corrected chi connectivity index (χ1v) is 7.35.